The van der Waals surface area contributed by atoms with Crippen molar-refractivity contribution in [1.82, 2.24) is 48.1 Å². The van der Waals surface area contributed by atoms with E-state index in [9.17, 15) is 18.4 Å². The Morgan fingerprint density at radius 3 is 2.52 bits per heavy atom. The molecule has 8 heterocycles. The van der Waals surface area contributed by atoms with Crippen LogP contribution in [0.25, 0.3) is 33.6 Å². The average Bonchev–Trinajstić information content (AvgIpc) is 3.72. The third kappa shape index (κ3) is 5.97. The Morgan fingerprint density at radius 2 is 1.78 bits per heavy atom. The van der Waals surface area contributed by atoms with Gasteiger partial charge in [0.2, 0.25) is 0 Å². The van der Waals surface area contributed by atoms with Crippen molar-refractivity contribution in [2.45, 2.75) is 75.9 Å². The lowest BCUT2D eigenvalue weighted by Crippen LogP contribution is -2.40. The van der Waals surface area contributed by atoms with Gasteiger partial charge in [0.05, 0.1) is 56.8 Å². The molecule has 1 N–H and O–H groups in total. The van der Waals surface area contributed by atoms with Gasteiger partial charge in [0, 0.05) is 68.1 Å². The van der Waals surface area contributed by atoms with Gasteiger partial charge in [0.15, 0.2) is 23.3 Å². The third-order valence-corrected chi connectivity index (χ3v) is 13.3. The first-order valence-corrected chi connectivity index (χ1v) is 20.9. The molecular weight excluding hydrogens is 818 g/mol. The van der Waals surface area contributed by atoms with E-state index < -0.39 is 40.4 Å². The van der Waals surface area contributed by atoms with Crippen LogP contribution in [0.5, 0.6) is 0 Å². The van der Waals surface area contributed by atoms with E-state index in [4.69, 9.17) is 14.4 Å². The number of aromatic nitrogens is 9. The van der Waals surface area contributed by atoms with Gasteiger partial charge in [-0.3, -0.25) is 28.1 Å². The van der Waals surface area contributed by atoms with Crippen LogP contribution < -0.4 is 11.4 Å². The van der Waals surface area contributed by atoms with Gasteiger partial charge in [-0.05, 0) is 100 Å². The van der Waals surface area contributed by atoms with Crippen molar-refractivity contribution in [3.05, 3.63) is 146 Å². The Balaban J connectivity index is 1.04. The zero-order valence-electron chi connectivity index (χ0n) is 34.7. The van der Waals surface area contributed by atoms with Crippen molar-refractivity contribution in [3.8, 4) is 17.2 Å². The fraction of sp³-hybridized carbons (Fsp3) is 0.333. The van der Waals surface area contributed by atoms with Crippen molar-refractivity contribution < 1.29 is 27.2 Å². The molecule has 3 aliphatic rings. The molecule has 0 bridgehead atoms. The van der Waals surface area contributed by atoms with Gasteiger partial charge < -0.3 is 14.0 Å². The van der Waals surface area contributed by atoms with Crippen LogP contribution in [0.2, 0.25) is 0 Å². The minimum Gasteiger partial charge on any atom is -0.376 e. The van der Waals surface area contributed by atoms with E-state index in [1.807, 2.05) is 23.6 Å². The number of aryl methyl sites for hydroxylation is 1. The maximum absolute atomic E-state index is 16.0. The standard InChI is InChI=1S/C45H41F3N10O5/c1-24-36-33(51-58(27-5-6-31(46)32(47)21-27)39(36)57-17-16-56(43(57)61)35-8-7-34-30(37(35)48)23-49-53(34)4)10-15-54(24)40(59)29-20-28-19-25(26-11-18-62-44(2,3)22-26)9-14-55(28)38(29)45(12-13-45)41-50-42(60)63-52-41/h5-9,14,16-17,19-21,23-24,26H,10-13,15,18,22H2,1-4H3,(H,50,52,60)/t24-,26+/m0/s1. The smallest absolute Gasteiger partial charge is 0.376 e. The average molecular weight is 859 g/mol. The first-order valence-electron chi connectivity index (χ1n) is 20.9. The first-order chi connectivity index (χ1) is 30.2. The summed E-state index contributed by atoms with van der Waals surface area (Å²) in [4.78, 5) is 46.6. The highest BCUT2D eigenvalue weighted by Gasteiger charge is 2.54. The van der Waals surface area contributed by atoms with Crippen LogP contribution in [0.1, 0.15) is 97.1 Å². The van der Waals surface area contributed by atoms with Crippen LogP contribution >= 0.6 is 0 Å². The van der Waals surface area contributed by atoms with Gasteiger partial charge in [0.25, 0.3) is 5.91 Å². The number of nitrogens with zero attached hydrogens (tertiary/aromatic N) is 9. The van der Waals surface area contributed by atoms with Gasteiger partial charge in [0.1, 0.15) is 5.82 Å². The number of carbonyl (C=O) groups excluding carboxylic acids is 1. The predicted octanol–water partition coefficient (Wildman–Crippen LogP) is 6.56. The summed E-state index contributed by atoms with van der Waals surface area (Å²) in [6, 6.07) is 11.8. The van der Waals surface area contributed by atoms with Crippen LogP contribution in [0.3, 0.4) is 0 Å². The molecule has 15 nitrogen and oxygen atoms in total. The monoisotopic (exact) mass is 858 g/mol. The molecule has 1 aliphatic carbocycles. The lowest BCUT2D eigenvalue weighted by atomic mass is 9.84. The summed E-state index contributed by atoms with van der Waals surface area (Å²) < 4.78 is 63.5. The number of benzene rings is 2. The fourth-order valence-corrected chi connectivity index (χ4v) is 9.97. The minimum absolute atomic E-state index is 0.0173. The lowest BCUT2D eigenvalue weighted by molar-refractivity contribution is -0.0593. The number of carbonyl (C=O) groups is 1. The molecule has 1 amide bonds. The van der Waals surface area contributed by atoms with Crippen LogP contribution in [-0.2, 0) is 23.6 Å². The molecule has 18 heteroatoms. The Bertz CT molecular complexity index is 3310. The fourth-order valence-electron chi connectivity index (χ4n) is 9.97. The Hall–Kier alpha value is -6.95. The topological polar surface area (TPSA) is 155 Å². The molecule has 2 aromatic carbocycles. The van der Waals surface area contributed by atoms with Gasteiger partial charge in [-0.2, -0.15) is 10.2 Å². The van der Waals surface area contributed by atoms with Crippen LogP contribution in [-0.4, -0.2) is 72.8 Å². The maximum atomic E-state index is 16.0. The summed E-state index contributed by atoms with van der Waals surface area (Å²) in [7, 11) is 1.69. The molecule has 11 rings (SSSR count). The molecular formula is C45H41F3N10O5. The van der Waals surface area contributed by atoms with Gasteiger partial charge >= 0.3 is 11.4 Å². The Kier molecular flexibility index (Phi) is 8.51. The molecule has 2 aliphatic heterocycles. The van der Waals surface area contributed by atoms with Crippen molar-refractivity contribution in [2.24, 2.45) is 7.05 Å². The highest BCUT2D eigenvalue weighted by Crippen LogP contribution is 2.54. The van der Waals surface area contributed by atoms with E-state index in [1.165, 1.54) is 44.7 Å². The van der Waals surface area contributed by atoms with Crippen LogP contribution in [0.15, 0.2) is 87.4 Å². The molecule has 2 atom stereocenters. The predicted molar refractivity (Wildman–Crippen MR) is 222 cm³/mol. The second kappa shape index (κ2) is 13.8. The number of imidazole rings is 1. The molecule has 0 spiro atoms. The summed E-state index contributed by atoms with van der Waals surface area (Å²) in [6.45, 7) is 6.88. The molecule has 0 unspecified atom stereocenters. The number of halogens is 3. The number of nitrogens with one attached hydrogen (secondary N) is 1. The lowest BCUT2D eigenvalue weighted by Gasteiger charge is -2.35. The summed E-state index contributed by atoms with van der Waals surface area (Å²) in [5.41, 5.74) is 2.96. The number of H-pyrrole nitrogens is 1. The number of pyridine rings is 1. The second-order valence-electron chi connectivity index (χ2n) is 17.5. The van der Waals surface area contributed by atoms with Crippen molar-refractivity contribution >= 4 is 22.3 Å². The molecule has 0 radical (unpaired) electrons. The summed E-state index contributed by atoms with van der Waals surface area (Å²) >= 11 is 0. The van der Waals surface area contributed by atoms with Crippen LogP contribution in [0, 0.1) is 17.5 Å². The molecule has 322 valence electrons. The Morgan fingerprint density at radius 1 is 0.968 bits per heavy atom. The summed E-state index contributed by atoms with van der Waals surface area (Å²) in [5.74, 6) is -3.06. The number of aromatic amines is 1. The zero-order valence-corrected chi connectivity index (χ0v) is 34.7. The van der Waals surface area contributed by atoms with Crippen molar-refractivity contribution in [2.75, 3.05) is 13.2 Å². The first kappa shape index (κ1) is 38.9. The third-order valence-electron chi connectivity index (χ3n) is 13.3. The van der Waals surface area contributed by atoms with Gasteiger partial charge in [-0.25, -0.2) is 27.4 Å². The van der Waals surface area contributed by atoms with Crippen LogP contribution in [0.4, 0.5) is 13.2 Å². The summed E-state index contributed by atoms with van der Waals surface area (Å²) in [6.07, 6.45) is 9.41. The minimum atomic E-state index is -1.12. The zero-order chi connectivity index (χ0) is 43.7. The van der Waals surface area contributed by atoms with E-state index in [0.29, 0.717) is 53.3 Å². The Labute approximate surface area is 355 Å². The van der Waals surface area contributed by atoms with Gasteiger partial charge in [-0.15, -0.1) is 0 Å². The van der Waals surface area contributed by atoms with Crippen molar-refractivity contribution in [3.63, 3.8) is 0 Å². The highest BCUT2D eigenvalue weighted by molar-refractivity contribution is 5.98. The van der Waals surface area contributed by atoms with E-state index in [1.54, 1.807) is 18.0 Å². The molecule has 6 aromatic heterocycles. The van der Waals surface area contributed by atoms with Crippen molar-refractivity contribution in [1.29, 1.82) is 0 Å². The van der Waals surface area contributed by atoms with Gasteiger partial charge in [-0.1, -0.05) is 5.16 Å². The molecule has 2 fully saturated rings. The van der Waals surface area contributed by atoms with E-state index in [0.717, 1.165) is 40.6 Å². The highest BCUT2D eigenvalue weighted by atomic mass is 19.2. The number of ether oxygens (including phenoxy) is 1. The van der Waals surface area contributed by atoms with E-state index >= 15 is 9.18 Å². The SMILES string of the molecule is C[C@H]1c2c(nn(-c3ccc(F)c(F)c3)c2-n2ccn(-c3ccc4c(cnn4C)c3F)c2=O)CCN1C(=O)c1cc2cc([C@@H]3CCOC(C)(C)C3)ccn2c1C1(c2noc(=O)[nH]2)CC1. The number of amides is 1. The van der Waals surface area contributed by atoms with E-state index in [2.05, 4.69) is 41.2 Å². The van der Waals surface area contributed by atoms with E-state index in [-0.39, 0.29) is 53.0 Å². The normalized spacial score (nSPS) is 19.3. The largest absolute Gasteiger partial charge is 0.438 e. The maximum Gasteiger partial charge on any atom is 0.438 e. The molecule has 63 heavy (non-hydrogen) atoms. The molecule has 8 aromatic rings. The number of hydrogen-bond donors (Lipinski definition) is 1. The number of hydrogen-bond acceptors (Lipinski definition) is 8. The summed E-state index contributed by atoms with van der Waals surface area (Å²) in [5, 5.41) is 13.3. The molecule has 1 saturated heterocycles. The molecule has 1 saturated carbocycles. The second-order valence-corrected chi connectivity index (χ2v) is 17.5. The number of fused-ring (bicyclic) bond motifs is 3. The number of rotatable bonds is 7. The quantitative estimate of drug-likeness (QED) is 0.189.